The van der Waals surface area contributed by atoms with Crippen LogP contribution in [0.1, 0.15) is 27.7 Å². The van der Waals surface area contributed by atoms with E-state index in [9.17, 15) is 0 Å². The fraction of sp³-hybridized carbons (Fsp3) is 0.368. The van der Waals surface area contributed by atoms with Crippen LogP contribution in [0.15, 0.2) is 42.5 Å². The highest BCUT2D eigenvalue weighted by atomic mass is 16.7. The highest BCUT2D eigenvalue weighted by molar-refractivity contribution is 6.63. The van der Waals surface area contributed by atoms with Crippen LogP contribution in [0.4, 0.5) is 5.69 Å². The smallest absolute Gasteiger partial charge is 0.497 e. The topological polar surface area (TPSA) is 53.7 Å². The van der Waals surface area contributed by atoms with Crippen molar-refractivity contribution < 1.29 is 14.0 Å². The van der Waals surface area contributed by atoms with Gasteiger partial charge in [0.2, 0.25) is 0 Å². The van der Waals surface area contributed by atoms with Crippen molar-refractivity contribution in [3.63, 3.8) is 0 Å². The number of hydrogen-bond acceptors (Lipinski definition) is 4. The number of benzene rings is 2. The van der Waals surface area contributed by atoms with Gasteiger partial charge in [-0.3, -0.25) is 0 Å². The molecule has 1 fully saturated rings. The molecule has 0 amide bonds. The fourth-order valence-corrected chi connectivity index (χ4v) is 2.73. The molecule has 0 aromatic heterocycles. The van der Waals surface area contributed by atoms with E-state index in [0.717, 1.165) is 28.0 Å². The average Bonchev–Trinajstić information content (AvgIpc) is 2.75. The molecule has 1 aliphatic rings. The van der Waals surface area contributed by atoms with Crippen LogP contribution < -0.4 is 15.9 Å². The monoisotopic (exact) mass is 325 g/mol. The molecule has 3 rings (SSSR count). The van der Waals surface area contributed by atoms with Gasteiger partial charge in [0.1, 0.15) is 5.75 Å². The largest absolute Gasteiger partial charge is 0.498 e. The quantitative estimate of drug-likeness (QED) is 0.695. The minimum absolute atomic E-state index is 0.377. The number of anilines is 1. The molecule has 126 valence electrons. The Morgan fingerprint density at radius 2 is 1.42 bits per heavy atom. The minimum atomic E-state index is -0.439. The summed E-state index contributed by atoms with van der Waals surface area (Å²) in [5, 5.41) is 0. The second-order valence-corrected chi connectivity index (χ2v) is 7.17. The van der Waals surface area contributed by atoms with E-state index in [-0.39, 0.29) is 11.2 Å². The summed E-state index contributed by atoms with van der Waals surface area (Å²) >= 11 is 0. The number of nitrogen functional groups attached to an aromatic ring is 1. The van der Waals surface area contributed by atoms with E-state index < -0.39 is 7.12 Å². The van der Waals surface area contributed by atoms with Gasteiger partial charge in [-0.05, 0) is 57.0 Å². The lowest BCUT2D eigenvalue weighted by atomic mass is 9.77. The molecule has 2 aromatic carbocycles. The summed E-state index contributed by atoms with van der Waals surface area (Å²) in [4.78, 5) is 0. The average molecular weight is 325 g/mol. The third-order valence-corrected chi connectivity index (χ3v) is 4.98. The molecule has 4 nitrogen and oxygen atoms in total. The van der Waals surface area contributed by atoms with Gasteiger partial charge in [-0.15, -0.1) is 0 Å². The SMILES string of the molecule is COc1cc(-c2ccc(N)cc2)ccc1B1OC(C)(C)C(C)(C)O1. The Labute approximate surface area is 144 Å². The molecule has 0 aliphatic carbocycles. The van der Waals surface area contributed by atoms with E-state index in [1.807, 2.05) is 64.1 Å². The molecule has 0 bridgehead atoms. The Bertz CT molecular complexity index is 725. The lowest BCUT2D eigenvalue weighted by Gasteiger charge is -2.32. The Morgan fingerprint density at radius 1 is 0.875 bits per heavy atom. The molecule has 1 saturated heterocycles. The number of hydrogen-bond donors (Lipinski definition) is 1. The maximum atomic E-state index is 6.14. The summed E-state index contributed by atoms with van der Waals surface area (Å²) in [6.07, 6.45) is 0. The number of rotatable bonds is 3. The van der Waals surface area contributed by atoms with Gasteiger partial charge in [0.15, 0.2) is 0 Å². The van der Waals surface area contributed by atoms with Crippen molar-refractivity contribution in [3.8, 4) is 16.9 Å². The third kappa shape index (κ3) is 2.90. The van der Waals surface area contributed by atoms with E-state index in [1.54, 1.807) is 7.11 Å². The van der Waals surface area contributed by atoms with E-state index in [1.165, 1.54) is 0 Å². The summed E-state index contributed by atoms with van der Waals surface area (Å²) in [6, 6.07) is 13.8. The second-order valence-electron chi connectivity index (χ2n) is 7.17. The van der Waals surface area contributed by atoms with Gasteiger partial charge >= 0.3 is 7.12 Å². The highest BCUT2D eigenvalue weighted by Crippen LogP contribution is 2.37. The number of methoxy groups -OCH3 is 1. The molecule has 2 N–H and O–H groups in total. The first kappa shape index (κ1) is 16.9. The summed E-state index contributed by atoms with van der Waals surface area (Å²) < 4.78 is 17.9. The van der Waals surface area contributed by atoms with Crippen molar-refractivity contribution in [1.29, 1.82) is 0 Å². The maximum Gasteiger partial charge on any atom is 0.498 e. The van der Waals surface area contributed by atoms with Gasteiger partial charge < -0.3 is 19.8 Å². The molecular formula is C19H24BNO3. The fourth-order valence-electron chi connectivity index (χ4n) is 2.73. The van der Waals surface area contributed by atoms with Crippen LogP contribution in [0.5, 0.6) is 5.75 Å². The molecule has 1 heterocycles. The lowest BCUT2D eigenvalue weighted by Crippen LogP contribution is -2.41. The summed E-state index contributed by atoms with van der Waals surface area (Å²) in [6.45, 7) is 8.18. The molecular weight excluding hydrogens is 301 g/mol. The van der Waals surface area contributed by atoms with Crippen LogP contribution >= 0.6 is 0 Å². The highest BCUT2D eigenvalue weighted by Gasteiger charge is 2.52. The van der Waals surface area contributed by atoms with Crippen molar-refractivity contribution in [2.45, 2.75) is 38.9 Å². The first-order chi connectivity index (χ1) is 11.2. The van der Waals surface area contributed by atoms with Crippen LogP contribution in [-0.2, 0) is 9.31 Å². The van der Waals surface area contributed by atoms with Crippen LogP contribution in [0.2, 0.25) is 0 Å². The Morgan fingerprint density at radius 3 is 1.96 bits per heavy atom. The van der Waals surface area contributed by atoms with Crippen LogP contribution in [0, 0.1) is 0 Å². The molecule has 0 saturated carbocycles. The van der Waals surface area contributed by atoms with Crippen molar-refractivity contribution in [2.24, 2.45) is 0 Å². The van der Waals surface area contributed by atoms with Crippen molar-refractivity contribution >= 4 is 18.3 Å². The van der Waals surface area contributed by atoms with E-state index in [0.29, 0.717) is 0 Å². The van der Waals surface area contributed by atoms with E-state index in [2.05, 4.69) is 6.07 Å². The first-order valence-corrected chi connectivity index (χ1v) is 8.13. The van der Waals surface area contributed by atoms with Gasteiger partial charge in [0.05, 0.1) is 18.3 Å². The second kappa shape index (κ2) is 5.83. The van der Waals surface area contributed by atoms with Crippen LogP contribution in [0.3, 0.4) is 0 Å². The van der Waals surface area contributed by atoms with Gasteiger partial charge in [0, 0.05) is 11.2 Å². The molecule has 1 aliphatic heterocycles. The molecule has 0 unspecified atom stereocenters. The first-order valence-electron chi connectivity index (χ1n) is 8.13. The molecule has 0 radical (unpaired) electrons. The number of nitrogens with two attached hydrogens (primary N) is 1. The van der Waals surface area contributed by atoms with Crippen molar-refractivity contribution in [1.82, 2.24) is 0 Å². The minimum Gasteiger partial charge on any atom is -0.497 e. The molecule has 5 heteroatoms. The maximum absolute atomic E-state index is 6.14. The predicted molar refractivity (Wildman–Crippen MR) is 98.6 cm³/mol. The Hall–Kier alpha value is -1.98. The normalized spacial score (nSPS) is 18.6. The Balaban J connectivity index is 1.95. The van der Waals surface area contributed by atoms with Crippen molar-refractivity contribution in [3.05, 3.63) is 42.5 Å². The van der Waals surface area contributed by atoms with E-state index in [4.69, 9.17) is 19.8 Å². The molecule has 0 atom stereocenters. The summed E-state index contributed by atoms with van der Waals surface area (Å²) in [7, 11) is 1.22. The zero-order valence-corrected chi connectivity index (χ0v) is 14.9. The van der Waals surface area contributed by atoms with Crippen molar-refractivity contribution in [2.75, 3.05) is 12.8 Å². The summed E-state index contributed by atoms with van der Waals surface area (Å²) in [5.74, 6) is 0.753. The molecule has 24 heavy (non-hydrogen) atoms. The van der Waals surface area contributed by atoms with Gasteiger partial charge in [0.25, 0.3) is 0 Å². The lowest BCUT2D eigenvalue weighted by molar-refractivity contribution is 0.00578. The molecule has 2 aromatic rings. The zero-order chi connectivity index (χ0) is 17.5. The van der Waals surface area contributed by atoms with Gasteiger partial charge in [-0.2, -0.15) is 0 Å². The standard InChI is InChI=1S/C19H24BNO3/c1-18(2)19(3,4)24-20(23-18)16-11-8-14(12-17(16)22-5)13-6-9-15(21)10-7-13/h6-12H,21H2,1-5H3. The number of ether oxygens (including phenoxy) is 1. The van der Waals surface area contributed by atoms with E-state index >= 15 is 0 Å². The zero-order valence-electron chi connectivity index (χ0n) is 14.9. The third-order valence-electron chi connectivity index (χ3n) is 4.98. The van der Waals surface area contributed by atoms with Gasteiger partial charge in [-0.1, -0.05) is 24.3 Å². The molecule has 0 spiro atoms. The van der Waals surface area contributed by atoms with Crippen LogP contribution in [-0.4, -0.2) is 25.4 Å². The van der Waals surface area contributed by atoms with Crippen LogP contribution in [0.25, 0.3) is 11.1 Å². The summed E-state index contributed by atoms with van der Waals surface area (Å²) in [5.41, 5.74) is 8.80. The predicted octanol–water partition coefficient (Wildman–Crippen LogP) is 3.24. The van der Waals surface area contributed by atoms with Gasteiger partial charge in [-0.25, -0.2) is 0 Å². The Kier molecular flexibility index (Phi) is 4.10.